The summed E-state index contributed by atoms with van der Waals surface area (Å²) in [5, 5.41) is 13.4. The fourth-order valence-corrected chi connectivity index (χ4v) is 2.77. The maximum atomic E-state index is 14.3. The quantitative estimate of drug-likeness (QED) is 0.721. The number of rotatable bonds is 6. The Morgan fingerprint density at radius 1 is 1.25 bits per heavy atom. The van der Waals surface area contributed by atoms with Crippen LogP contribution in [0.1, 0.15) is 30.5 Å². The minimum atomic E-state index is -0.289. The first-order valence-corrected chi connectivity index (χ1v) is 7.97. The molecule has 4 nitrogen and oxygen atoms in total. The molecule has 5 heteroatoms. The Kier molecular flexibility index (Phi) is 4.91. The molecule has 0 saturated carbocycles. The molecule has 0 unspecified atom stereocenters. The van der Waals surface area contributed by atoms with Crippen LogP contribution < -0.4 is 5.32 Å². The van der Waals surface area contributed by atoms with Gasteiger partial charge in [0.25, 0.3) is 0 Å². The third-order valence-electron chi connectivity index (χ3n) is 4.07. The largest absolute Gasteiger partial charge is 0.508 e. The highest BCUT2D eigenvalue weighted by atomic mass is 19.1. The summed E-state index contributed by atoms with van der Waals surface area (Å²) in [6, 6.07) is 12.5. The summed E-state index contributed by atoms with van der Waals surface area (Å²) < 4.78 is 15.9. The molecule has 1 aromatic heterocycles. The Hall–Kier alpha value is -2.66. The van der Waals surface area contributed by atoms with Crippen molar-refractivity contribution in [2.45, 2.75) is 25.9 Å². The van der Waals surface area contributed by atoms with Gasteiger partial charge in [-0.2, -0.15) is 0 Å². The van der Waals surface area contributed by atoms with E-state index in [1.807, 2.05) is 25.1 Å². The molecule has 0 amide bonds. The van der Waals surface area contributed by atoms with Gasteiger partial charge in [-0.1, -0.05) is 31.2 Å². The molecule has 0 aliphatic heterocycles. The molecule has 2 N–H and O–H groups in total. The van der Waals surface area contributed by atoms with Gasteiger partial charge in [-0.3, -0.25) is 0 Å². The van der Waals surface area contributed by atoms with Gasteiger partial charge in [0.1, 0.15) is 11.6 Å². The van der Waals surface area contributed by atoms with Gasteiger partial charge in [0.15, 0.2) is 0 Å². The summed E-state index contributed by atoms with van der Waals surface area (Å²) in [5.74, 6) is -0.0126. The van der Waals surface area contributed by atoms with Crippen LogP contribution in [0.4, 0.5) is 4.39 Å². The number of benzene rings is 2. The molecule has 24 heavy (non-hydrogen) atoms. The Balaban J connectivity index is 1.72. The van der Waals surface area contributed by atoms with E-state index in [0.717, 1.165) is 17.5 Å². The molecule has 0 aliphatic carbocycles. The summed E-state index contributed by atoms with van der Waals surface area (Å²) in [4.78, 5) is 3.93. The van der Waals surface area contributed by atoms with Crippen molar-refractivity contribution in [2.75, 3.05) is 0 Å². The van der Waals surface area contributed by atoms with Crippen LogP contribution >= 0.6 is 0 Å². The molecule has 3 rings (SSSR count). The number of halogens is 1. The third kappa shape index (κ3) is 3.46. The number of hydrogen-bond acceptors (Lipinski definition) is 3. The number of aromatic hydroxyl groups is 1. The highest BCUT2D eigenvalue weighted by Crippen LogP contribution is 2.26. The van der Waals surface area contributed by atoms with Gasteiger partial charge < -0.3 is 15.0 Å². The minimum Gasteiger partial charge on any atom is -0.508 e. The number of phenols is 1. The highest BCUT2D eigenvalue weighted by molar-refractivity contribution is 5.37. The van der Waals surface area contributed by atoms with E-state index in [4.69, 9.17) is 0 Å². The predicted molar refractivity (Wildman–Crippen MR) is 91.5 cm³/mol. The van der Waals surface area contributed by atoms with E-state index in [-0.39, 0.29) is 17.6 Å². The lowest BCUT2D eigenvalue weighted by molar-refractivity contribution is 0.440. The molecular formula is C19H20FN3O. The predicted octanol–water partition coefficient (Wildman–Crippen LogP) is 3.96. The fraction of sp³-hybridized carbons (Fsp3) is 0.211. The monoisotopic (exact) mass is 325 g/mol. The van der Waals surface area contributed by atoms with Gasteiger partial charge in [-0.15, -0.1) is 0 Å². The zero-order valence-corrected chi connectivity index (χ0v) is 13.5. The van der Waals surface area contributed by atoms with Gasteiger partial charge in [-0.25, -0.2) is 9.37 Å². The summed E-state index contributed by atoms with van der Waals surface area (Å²) in [6.45, 7) is 2.57. The molecular weight excluding hydrogens is 305 g/mol. The molecule has 1 atom stereocenters. The minimum absolute atomic E-state index is 0.0163. The van der Waals surface area contributed by atoms with E-state index in [1.54, 1.807) is 41.5 Å². The Bertz CT molecular complexity index is 802. The van der Waals surface area contributed by atoms with E-state index in [9.17, 15) is 9.50 Å². The Morgan fingerprint density at radius 2 is 2.08 bits per heavy atom. The van der Waals surface area contributed by atoms with Crippen LogP contribution in [0.5, 0.6) is 5.75 Å². The lowest BCUT2D eigenvalue weighted by atomic mass is 10.0. The van der Waals surface area contributed by atoms with Crippen molar-refractivity contribution < 1.29 is 9.50 Å². The second-order valence-electron chi connectivity index (χ2n) is 5.66. The summed E-state index contributed by atoms with van der Waals surface area (Å²) in [6.07, 6.45) is 5.73. The highest BCUT2D eigenvalue weighted by Gasteiger charge is 2.13. The van der Waals surface area contributed by atoms with E-state index >= 15 is 0 Å². The standard InChI is InChI=1S/C19H20FN3O/c1-2-17(15-5-3-4-6-19(15)24)22-12-14-7-8-18(16(20)11-14)23-10-9-21-13-23/h3-11,13,17,22,24H,2,12H2,1H3/t17-/m0/s1. The third-order valence-corrected chi connectivity index (χ3v) is 4.07. The van der Waals surface area contributed by atoms with E-state index in [1.165, 1.54) is 6.07 Å². The molecule has 0 saturated heterocycles. The molecule has 0 spiro atoms. The van der Waals surface area contributed by atoms with E-state index in [0.29, 0.717) is 12.2 Å². The Labute approximate surface area is 140 Å². The van der Waals surface area contributed by atoms with Crippen LogP contribution in [0.2, 0.25) is 0 Å². The first kappa shape index (κ1) is 16.2. The topological polar surface area (TPSA) is 50.1 Å². The number of nitrogens with zero attached hydrogens (tertiary/aromatic N) is 2. The number of phenolic OH excluding ortho intramolecular Hbond substituents is 1. The summed E-state index contributed by atoms with van der Waals surface area (Å²) in [7, 11) is 0. The molecule has 1 heterocycles. The molecule has 0 fully saturated rings. The summed E-state index contributed by atoms with van der Waals surface area (Å²) >= 11 is 0. The van der Waals surface area contributed by atoms with Gasteiger partial charge in [0.05, 0.1) is 12.0 Å². The molecule has 0 aliphatic rings. The van der Waals surface area contributed by atoms with Crippen molar-refractivity contribution in [3.63, 3.8) is 0 Å². The van der Waals surface area contributed by atoms with Crippen molar-refractivity contribution in [3.8, 4) is 11.4 Å². The second kappa shape index (κ2) is 7.27. The smallest absolute Gasteiger partial charge is 0.147 e. The SMILES string of the molecule is CC[C@H](NCc1ccc(-n2ccnc2)c(F)c1)c1ccccc1O. The van der Waals surface area contributed by atoms with Crippen LogP contribution in [-0.2, 0) is 6.54 Å². The lowest BCUT2D eigenvalue weighted by Gasteiger charge is -2.19. The number of para-hydroxylation sites is 1. The molecule has 0 radical (unpaired) electrons. The van der Waals surface area contributed by atoms with Gasteiger partial charge in [0, 0.05) is 30.5 Å². The first-order valence-electron chi connectivity index (χ1n) is 7.97. The van der Waals surface area contributed by atoms with E-state index < -0.39 is 0 Å². The Morgan fingerprint density at radius 3 is 2.75 bits per heavy atom. The molecule has 3 aromatic rings. The van der Waals surface area contributed by atoms with Crippen LogP contribution in [0.15, 0.2) is 61.2 Å². The fourth-order valence-electron chi connectivity index (χ4n) is 2.77. The van der Waals surface area contributed by atoms with Crippen molar-refractivity contribution in [2.24, 2.45) is 0 Å². The average Bonchev–Trinajstić information content (AvgIpc) is 3.11. The van der Waals surface area contributed by atoms with Gasteiger partial charge >= 0.3 is 0 Å². The van der Waals surface area contributed by atoms with Gasteiger partial charge in [0.2, 0.25) is 0 Å². The lowest BCUT2D eigenvalue weighted by Crippen LogP contribution is -2.20. The number of hydrogen-bond donors (Lipinski definition) is 2. The average molecular weight is 325 g/mol. The van der Waals surface area contributed by atoms with E-state index in [2.05, 4.69) is 10.3 Å². The number of aromatic nitrogens is 2. The van der Waals surface area contributed by atoms with Crippen molar-refractivity contribution in [1.29, 1.82) is 0 Å². The van der Waals surface area contributed by atoms with Crippen molar-refractivity contribution in [1.82, 2.24) is 14.9 Å². The maximum absolute atomic E-state index is 14.3. The molecule has 124 valence electrons. The zero-order valence-electron chi connectivity index (χ0n) is 13.5. The molecule has 0 bridgehead atoms. The van der Waals surface area contributed by atoms with Crippen LogP contribution in [0.3, 0.4) is 0 Å². The van der Waals surface area contributed by atoms with Crippen LogP contribution in [0.25, 0.3) is 5.69 Å². The van der Waals surface area contributed by atoms with Crippen LogP contribution in [-0.4, -0.2) is 14.7 Å². The first-order chi connectivity index (χ1) is 11.7. The summed E-state index contributed by atoms with van der Waals surface area (Å²) in [5.41, 5.74) is 2.18. The zero-order chi connectivity index (χ0) is 16.9. The molecule has 2 aromatic carbocycles. The van der Waals surface area contributed by atoms with Crippen molar-refractivity contribution >= 4 is 0 Å². The number of imidazole rings is 1. The second-order valence-corrected chi connectivity index (χ2v) is 5.66. The van der Waals surface area contributed by atoms with Crippen LogP contribution in [0, 0.1) is 5.82 Å². The normalized spacial score (nSPS) is 12.2. The maximum Gasteiger partial charge on any atom is 0.147 e. The van der Waals surface area contributed by atoms with Crippen molar-refractivity contribution in [3.05, 3.63) is 78.1 Å². The number of nitrogens with one attached hydrogen (secondary N) is 1. The van der Waals surface area contributed by atoms with Gasteiger partial charge in [-0.05, 0) is 30.2 Å².